The van der Waals surface area contributed by atoms with Crippen LogP contribution in [0.2, 0.25) is 0 Å². The highest BCUT2D eigenvalue weighted by molar-refractivity contribution is 7.92. The van der Waals surface area contributed by atoms with Crippen molar-refractivity contribution in [2.24, 2.45) is 0 Å². The predicted octanol–water partition coefficient (Wildman–Crippen LogP) is 2.19. The molecule has 1 aliphatic heterocycles. The second kappa shape index (κ2) is 7.79. The first-order chi connectivity index (χ1) is 12.9. The van der Waals surface area contributed by atoms with Gasteiger partial charge in [0.25, 0.3) is 0 Å². The summed E-state index contributed by atoms with van der Waals surface area (Å²) >= 11 is 0. The van der Waals surface area contributed by atoms with Crippen molar-refractivity contribution in [2.45, 2.75) is 12.8 Å². The van der Waals surface area contributed by atoms with E-state index in [-0.39, 0.29) is 17.7 Å². The van der Waals surface area contributed by atoms with Crippen LogP contribution < -0.4 is 9.62 Å². The molecule has 0 aliphatic carbocycles. The number of benzene rings is 2. The molecule has 7 nitrogen and oxygen atoms in total. The molecule has 1 heterocycles. The Labute approximate surface area is 158 Å². The van der Waals surface area contributed by atoms with Gasteiger partial charge in [-0.1, -0.05) is 30.3 Å². The topological polar surface area (TPSA) is 92.8 Å². The number of carbonyl (C=O) groups is 2. The summed E-state index contributed by atoms with van der Waals surface area (Å²) in [6, 6.07) is 13.8. The highest BCUT2D eigenvalue weighted by Gasteiger charge is 2.29. The second-order valence-corrected chi connectivity index (χ2v) is 8.12. The van der Waals surface area contributed by atoms with Crippen LogP contribution in [0.25, 0.3) is 0 Å². The van der Waals surface area contributed by atoms with E-state index < -0.39 is 21.9 Å². The van der Waals surface area contributed by atoms with E-state index in [9.17, 15) is 18.0 Å². The number of methoxy groups -OCH3 is 1. The highest BCUT2D eigenvalue weighted by Crippen LogP contribution is 2.30. The first-order valence-electron chi connectivity index (χ1n) is 8.48. The normalized spacial score (nSPS) is 13.1. The molecule has 0 unspecified atom stereocenters. The van der Waals surface area contributed by atoms with Gasteiger partial charge in [-0.25, -0.2) is 13.2 Å². The maximum Gasteiger partial charge on any atom is 0.339 e. The number of ether oxygens (including phenoxy) is 1. The highest BCUT2D eigenvalue weighted by atomic mass is 32.2. The van der Waals surface area contributed by atoms with Gasteiger partial charge in [0.15, 0.2) is 0 Å². The largest absolute Gasteiger partial charge is 0.465 e. The van der Waals surface area contributed by atoms with Gasteiger partial charge >= 0.3 is 5.97 Å². The zero-order chi connectivity index (χ0) is 19.4. The molecule has 0 spiro atoms. The molecule has 0 radical (unpaired) electrons. The lowest BCUT2D eigenvalue weighted by molar-refractivity contribution is -0.115. The molecular weight excluding hydrogens is 368 g/mol. The number of nitrogens with zero attached hydrogens (tertiary/aromatic N) is 1. The lowest BCUT2D eigenvalue weighted by Gasteiger charge is -2.19. The van der Waals surface area contributed by atoms with Gasteiger partial charge in [-0.3, -0.25) is 9.10 Å². The first kappa shape index (κ1) is 18.9. The molecule has 142 valence electrons. The maximum absolute atomic E-state index is 12.6. The van der Waals surface area contributed by atoms with Gasteiger partial charge in [0.2, 0.25) is 15.9 Å². The average Bonchev–Trinajstić information content (AvgIpc) is 3.11. The summed E-state index contributed by atoms with van der Waals surface area (Å²) in [7, 11) is -2.36. The number of fused-ring (bicyclic) bond motifs is 1. The second-order valence-electron chi connectivity index (χ2n) is 6.10. The van der Waals surface area contributed by atoms with Crippen LogP contribution in [0.3, 0.4) is 0 Å². The van der Waals surface area contributed by atoms with E-state index in [4.69, 9.17) is 0 Å². The fourth-order valence-corrected chi connectivity index (χ4v) is 4.53. The van der Waals surface area contributed by atoms with Crippen molar-refractivity contribution in [1.29, 1.82) is 0 Å². The number of nitrogens with one attached hydrogen (secondary N) is 1. The fourth-order valence-electron chi connectivity index (χ4n) is 3.02. The minimum Gasteiger partial charge on any atom is -0.465 e. The summed E-state index contributed by atoms with van der Waals surface area (Å²) in [5.74, 6) is -1.37. The van der Waals surface area contributed by atoms with Crippen molar-refractivity contribution in [3.63, 3.8) is 0 Å². The van der Waals surface area contributed by atoms with Crippen molar-refractivity contribution in [2.75, 3.05) is 29.0 Å². The Bertz CT molecular complexity index is 972. The number of rotatable bonds is 6. The van der Waals surface area contributed by atoms with Crippen molar-refractivity contribution in [3.05, 3.63) is 59.7 Å². The van der Waals surface area contributed by atoms with Crippen LogP contribution in [-0.2, 0) is 26.0 Å². The Kier molecular flexibility index (Phi) is 5.46. The Morgan fingerprint density at radius 1 is 1.11 bits per heavy atom. The van der Waals surface area contributed by atoms with Crippen molar-refractivity contribution < 1.29 is 22.7 Å². The molecule has 1 N–H and O–H groups in total. The van der Waals surface area contributed by atoms with Crippen LogP contribution in [0.5, 0.6) is 0 Å². The molecule has 1 amide bonds. The number of sulfonamides is 1. The third-order valence-corrected chi connectivity index (χ3v) is 6.14. The predicted molar refractivity (Wildman–Crippen MR) is 102 cm³/mol. The van der Waals surface area contributed by atoms with E-state index in [0.717, 1.165) is 5.56 Å². The Morgan fingerprint density at radius 2 is 1.81 bits per heavy atom. The number of amides is 1. The van der Waals surface area contributed by atoms with Gasteiger partial charge in [-0.15, -0.1) is 0 Å². The van der Waals surface area contributed by atoms with Gasteiger partial charge < -0.3 is 10.1 Å². The van der Waals surface area contributed by atoms with Gasteiger partial charge in [-0.05, 0) is 30.2 Å². The standard InChI is InChI=1S/C19H20N2O5S/c1-26-19(23)15-7-3-4-8-16(15)20-18(22)11-13-27(24,25)21-12-10-14-6-2-5-9-17(14)21/h2-9H,10-13H2,1H3,(H,20,22). The van der Waals surface area contributed by atoms with E-state index >= 15 is 0 Å². The molecule has 1 aliphatic rings. The summed E-state index contributed by atoms with van der Waals surface area (Å²) in [4.78, 5) is 24.0. The zero-order valence-electron chi connectivity index (χ0n) is 14.8. The first-order valence-corrected chi connectivity index (χ1v) is 10.1. The maximum atomic E-state index is 12.6. The van der Waals surface area contributed by atoms with Gasteiger partial charge in [0, 0.05) is 13.0 Å². The fraction of sp³-hybridized carbons (Fsp3) is 0.263. The molecule has 0 saturated carbocycles. The molecule has 0 bridgehead atoms. The van der Waals surface area contributed by atoms with Gasteiger partial charge in [0.05, 0.1) is 29.8 Å². The van der Waals surface area contributed by atoms with E-state index in [1.54, 1.807) is 30.3 Å². The summed E-state index contributed by atoms with van der Waals surface area (Å²) in [5, 5.41) is 2.59. The molecule has 0 saturated heterocycles. The number of esters is 1. The van der Waals surface area contributed by atoms with Crippen LogP contribution in [0.15, 0.2) is 48.5 Å². The Balaban J connectivity index is 1.66. The lowest BCUT2D eigenvalue weighted by Crippen LogP contribution is -2.32. The van der Waals surface area contributed by atoms with E-state index in [0.29, 0.717) is 24.3 Å². The van der Waals surface area contributed by atoms with Crippen LogP contribution in [0, 0.1) is 0 Å². The molecule has 0 fully saturated rings. The zero-order valence-corrected chi connectivity index (χ0v) is 15.7. The van der Waals surface area contributed by atoms with E-state index in [2.05, 4.69) is 10.1 Å². The minimum absolute atomic E-state index is 0.212. The van der Waals surface area contributed by atoms with Gasteiger partial charge in [0.1, 0.15) is 0 Å². The molecule has 8 heteroatoms. The van der Waals surface area contributed by atoms with Crippen molar-refractivity contribution in [1.82, 2.24) is 0 Å². The molecule has 3 rings (SSSR count). The monoisotopic (exact) mass is 388 g/mol. The minimum atomic E-state index is -3.61. The molecule has 2 aromatic rings. The third-order valence-electron chi connectivity index (χ3n) is 4.37. The lowest BCUT2D eigenvalue weighted by atomic mass is 10.2. The molecule has 2 aromatic carbocycles. The number of anilines is 2. The number of carbonyl (C=O) groups excluding carboxylic acids is 2. The average molecular weight is 388 g/mol. The summed E-state index contributed by atoms with van der Waals surface area (Å²) in [5.41, 5.74) is 2.16. The van der Waals surface area contributed by atoms with Crippen LogP contribution in [-0.4, -0.2) is 39.7 Å². The summed E-state index contributed by atoms with van der Waals surface area (Å²) < 4.78 is 31.3. The van der Waals surface area contributed by atoms with Crippen LogP contribution in [0.4, 0.5) is 11.4 Å². The van der Waals surface area contributed by atoms with E-state index in [1.165, 1.54) is 17.5 Å². The molecular formula is C19H20N2O5S. The smallest absolute Gasteiger partial charge is 0.339 e. The third kappa shape index (κ3) is 4.11. The SMILES string of the molecule is COC(=O)c1ccccc1NC(=O)CCS(=O)(=O)N1CCc2ccccc21. The Morgan fingerprint density at radius 3 is 2.59 bits per heavy atom. The number of hydrogen-bond donors (Lipinski definition) is 1. The van der Waals surface area contributed by atoms with E-state index in [1.807, 2.05) is 12.1 Å². The number of hydrogen-bond acceptors (Lipinski definition) is 5. The number of para-hydroxylation sites is 2. The molecule has 0 aromatic heterocycles. The van der Waals surface area contributed by atoms with Crippen molar-refractivity contribution in [3.8, 4) is 0 Å². The van der Waals surface area contributed by atoms with Crippen molar-refractivity contribution >= 4 is 33.3 Å². The van der Waals surface area contributed by atoms with Gasteiger partial charge in [-0.2, -0.15) is 0 Å². The molecule has 27 heavy (non-hydrogen) atoms. The quantitative estimate of drug-likeness (QED) is 0.766. The molecule has 0 atom stereocenters. The van der Waals surface area contributed by atoms with Crippen LogP contribution >= 0.6 is 0 Å². The Hall–Kier alpha value is -2.87. The van der Waals surface area contributed by atoms with Crippen LogP contribution in [0.1, 0.15) is 22.3 Å². The summed E-state index contributed by atoms with van der Waals surface area (Å²) in [6.07, 6.45) is 0.449. The summed E-state index contributed by atoms with van der Waals surface area (Å²) in [6.45, 7) is 0.383.